The summed E-state index contributed by atoms with van der Waals surface area (Å²) in [5.74, 6) is 0. The molecule has 1 aliphatic rings. The molecule has 0 atom stereocenters. The number of benzene rings is 1. The molecule has 1 aromatic carbocycles. The first-order valence-electron chi connectivity index (χ1n) is 5.91. The number of aryl methyl sites for hydroxylation is 1. The highest BCUT2D eigenvalue weighted by Crippen LogP contribution is 2.13. The van der Waals surface area contributed by atoms with E-state index in [1.54, 1.807) is 0 Å². The third kappa shape index (κ3) is 2.97. The van der Waals surface area contributed by atoms with Crippen molar-refractivity contribution in [2.45, 2.75) is 13.3 Å². The lowest BCUT2D eigenvalue weighted by molar-refractivity contribution is 0.0384. The van der Waals surface area contributed by atoms with Gasteiger partial charge in [0.05, 0.1) is 13.2 Å². The van der Waals surface area contributed by atoms with E-state index in [4.69, 9.17) is 10.5 Å². The minimum Gasteiger partial charge on any atom is -0.399 e. The first kappa shape index (κ1) is 11.4. The number of rotatable bonds is 3. The second kappa shape index (κ2) is 5.32. The van der Waals surface area contributed by atoms with E-state index in [1.165, 1.54) is 5.56 Å². The summed E-state index contributed by atoms with van der Waals surface area (Å²) in [6, 6.07) is 6.37. The topological polar surface area (TPSA) is 38.5 Å². The van der Waals surface area contributed by atoms with Crippen LogP contribution in [0.1, 0.15) is 11.1 Å². The average Bonchev–Trinajstić information content (AvgIpc) is 2.32. The predicted octanol–water partition coefficient (Wildman–Crippen LogP) is 1.45. The van der Waals surface area contributed by atoms with Crippen molar-refractivity contribution in [1.29, 1.82) is 0 Å². The van der Waals surface area contributed by atoms with Gasteiger partial charge in [0.1, 0.15) is 0 Å². The van der Waals surface area contributed by atoms with Gasteiger partial charge in [0.15, 0.2) is 0 Å². The monoisotopic (exact) mass is 220 g/mol. The van der Waals surface area contributed by atoms with Gasteiger partial charge in [-0.05, 0) is 30.5 Å². The SMILES string of the molecule is Cc1ccc(CCN2CCOCC2)cc1N. The first-order valence-corrected chi connectivity index (χ1v) is 5.91. The quantitative estimate of drug-likeness (QED) is 0.784. The molecule has 0 unspecified atom stereocenters. The summed E-state index contributed by atoms with van der Waals surface area (Å²) in [6.07, 6.45) is 1.07. The molecule has 2 rings (SSSR count). The van der Waals surface area contributed by atoms with E-state index in [1.807, 2.05) is 6.92 Å². The van der Waals surface area contributed by atoms with Crippen LogP contribution in [0.4, 0.5) is 5.69 Å². The van der Waals surface area contributed by atoms with Crippen LogP contribution < -0.4 is 5.73 Å². The van der Waals surface area contributed by atoms with Crippen LogP contribution in [0.5, 0.6) is 0 Å². The number of ether oxygens (including phenoxy) is 1. The highest BCUT2D eigenvalue weighted by Gasteiger charge is 2.09. The number of hydrogen-bond donors (Lipinski definition) is 1. The molecule has 88 valence electrons. The van der Waals surface area contributed by atoms with E-state index in [-0.39, 0.29) is 0 Å². The lowest BCUT2D eigenvalue weighted by Crippen LogP contribution is -2.37. The molecule has 1 saturated heterocycles. The molecule has 2 N–H and O–H groups in total. The van der Waals surface area contributed by atoms with Gasteiger partial charge in [-0.2, -0.15) is 0 Å². The molecular weight excluding hydrogens is 200 g/mol. The van der Waals surface area contributed by atoms with Crippen LogP contribution in [0.25, 0.3) is 0 Å². The maximum atomic E-state index is 5.90. The van der Waals surface area contributed by atoms with Crippen molar-refractivity contribution < 1.29 is 4.74 Å². The van der Waals surface area contributed by atoms with Crippen molar-refractivity contribution in [3.8, 4) is 0 Å². The fraction of sp³-hybridized carbons (Fsp3) is 0.538. The maximum Gasteiger partial charge on any atom is 0.0594 e. The molecule has 0 aromatic heterocycles. The van der Waals surface area contributed by atoms with E-state index in [0.717, 1.165) is 50.5 Å². The molecule has 1 heterocycles. The van der Waals surface area contributed by atoms with Crippen molar-refractivity contribution in [2.75, 3.05) is 38.6 Å². The summed E-state index contributed by atoms with van der Waals surface area (Å²) < 4.78 is 5.32. The normalized spacial score (nSPS) is 17.6. The number of nitrogens with zero attached hydrogens (tertiary/aromatic N) is 1. The standard InChI is InChI=1S/C13H20N2O/c1-11-2-3-12(10-13(11)14)4-5-15-6-8-16-9-7-15/h2-3,10H,4-9,14H2,1H3. The Morgan fingerprint density at radius 3 is 2.75 bits per heavy atom. The number of nitrogens with two attached hydrogens (primary N) is 1. The Labute approximate surface area is 97.2 Å². The molecule has 16 heavy (non-hydrogen) atoms. The zero-order valence-electron chi connectivity index (χ0n) is 9.91. The van der Waals surface area contributed by atoms with Gasteiger partial charge in [-0.15, -0.1) is 0 Å². The molecule has 0 bridgehead atoms. The number of nitrogen functional groups attached to an aromatic ring is 1. The third-order valence-electron chi connectivity index (χ3n) is 3.16. The van der Waals surface area contributed by atoms with E-state index in [9.17, 15) is 0 Å². The summed E-state index contributed by atoms with van der Waals surface area (Å²) in [5.41, 5.74) is 9.29. The molecule has 1 aliphatic heterocycles. The summed E-state index contributed by atoms with van der Waals surface area (Å²) in [5, 5.41) is 0. The molecule has 0 spiro atoms. The van der Waals surface area contributed by atoms with Crippen molar-refractivity contribution in [3.63, 3.8) is 0 Å². The van der Waals surface area contributed by atoms with Crippen LogP contribution in [-0.2, 0) is 11.2 Å². The minimum absolute atomic E-state index is 0.871. The largest absolute Gasteiger partial charge is 0.399 e. The fourth-order valence-electron chi connectivity index (χ4n) is 1.96. The molecule has 3 heteroatoms. The second-order valence-corrected chi connectivity index (χ2v) is 4.39. The smallest absolute Gasteiger partial charge is 0.0594 e. The van der Waals surface area contributed by atoms with Crippen molar-refractivity contribution in [2.24, 2.45) is 0 Å². The van der Waals surface area contributed by atoms with E-state index >= 15 is 0 Å². The van der Waals surface area contributed by atoms with Gasteiger partial charge >= 0.3 is 0 Å². The number of morpholine rings is 1. The summed E-state index contributed by atoms with van der Waals surface area (Å²) in [6.45, 7) is 7.00. The Kier molecular flexibility index (Phi) is 3.80. The predicted molar refractivity (Wildman–Crippen MR) is 66.6 cm³/mol. The number of anilines is 1. The van der Waals surface area contributed by atoms with Crippen LogP contribution in [0.3, 0.4) is 0 Å². The Hall–Kier alpha value is -1.06. The van der Waals surface area contributed by atoms with Gasteiger partial charge in [-0.1, -0.05) is 12.1 Å². The van der Waals surface area contributed by atoms with Crippen molar-refractivity contribution in [1.82, 2.24) is 4.90 Å². The summed E-state index contributed by atoms with van der Waals surface area (Å²) in [7, 11) is 0. The number of hydrogen-bond acceptors (Lipinski definition) is 3. The molecule has 3 nitrogen and oxygen atoms in total. The van der Waals surface area contributed by atoms with Gasteiger partial charge in [0, 0.05) is 25.3 Å². The van der Waals surface area contributed by atoms with Crippen molar-refractivity contribution >= 4 is 5.69 Å². The fourth-order valence-corrected chi connectivity index (χ4v) is 1.96. The zero-order chi connectivity index (χ0) is 11.4. The first-order chi connectivity index (χ1) is 7.75. The Balaban J connectivity index is 1.86. The highest BCUT2D eigenvalue weighted by atomic mass is 16.5. The molecule has 1 fully saturated rings. The van der Waals surface area contributed by atoms with Crippen LogP contribution in [0.15, 0.2) is 18.2 Å². The van der Waals surface area contributed by atoms with E-state index < -0.39 is 0 Å². The molecular formula is C13H20N2O. The Bertz CT molecular complexity index is 346. The molecule has 0 aliphatic carbocycles. The van der Waals surface area contributed by atoms with Crippen molar-refractivity contribution in [3.05, 3.63) is 29.3 Å². The van der Waals surface area contributed by atoms with E-state index in [2.05, 4.69) is 23.1 Å². The molecule has 0 amide bonds. The molecule has 0 saturated carbocycles. The minimum atomic E-state index is 0.871. The Morgan fingerprint density at radius 1 is 1.31 bits per heavy atom. The third-order valence-corrected chi connectivity index (χ3v) is 3.16. The molecule has 0 radical (unpaired) electrons. The van der Waals surface area contributed by atoms with Gasteiger partial charge in [0.25, 0.3) is 0 Å². The van der Waals surface area contributed by atoms with Gasteiger partial charge < -0.3 is 10.5 Å². The second-order valence-electron chi connectivity index (χ2n) is 4.39. The van der Waals surface area contributed by atoms with Crippen LogP contribution in [-0.4, -0.2) is 37.7 Å². The summed E-state index contributed by atoms with van der Waals surface area (Å²) in [4.78, 5) is 2.44. The van der Waals surface area contributed by atoms with Crippen LogP contribution in [0, 0.1) is 6.92 Å². The van der Waals surface area contributed by atoms with Gasteiger partial charge in [0.2, 0.25) is 0 Å². The summed E-state index contributed by atoms with van der Waals surface area (Å²) >= 11 is 0. The lowest BCUT2D eigenvalue weighted by atomic mass is 10.1. The van der Waals surface area contributed by atoms with Crippen LogP contribution in [0.2, 0.25) is 0 Å². The highest BCUT2D eigenvalue weighted by molar-refractivity contribution is 5.48. The lowest BCUT2D eigenvalue weighted by Gasteiger charge is -2.26. The molecule has 1 aromatic rings. The van der Waals surface area contributed by atoms with Gasteiger partial charge in [-0.3, -0.25) is 4.90 Å². The van der Waals surface area contributed by atoms with Crippen LogP contribution >= 0.6 is 0 Å². The maximum absolute atomic E-state index is 5.90. The average molecular weight is 220 g/mol. The Morgan fingerprint density at radius 2 is 2.06 bits per heavy atom. The van der Waals surface area contributed by atoms with Gasteiger partial charge in [-0.25, -0.2) is 0 Å². The van der Waals surface area contributed by atoms with E-state index in [0.29, 0.717) is 0 Å². The zero-order valence-corrected chi connectivity index (χ0v) is 9.91.